The number of hydrogen-bond acceptors (Lipinski definition) is 2. The van der Waals surface area contributed by atoms with Gasteiger partial charge in [0.15, 0.2) is 0 Å². The van der Waals surface area contributed by atoms with Gasteiger partial charge in [0.2, 0.25) is 0 Å². The lowest BCUT2D eigenvalue weighted by molar-refractivity contribution is 0.775. The number of aryl methyl sites for hydroxylation is 1. The molecule has 1 rings (SSSR count). The standard InChI is InChI=1S/C6H9N5/c1-11-5-4-8-6(11)2-3-9-10-7/h4-5H,2-3H2,1H3. The molecule has 11 heavy (non-hydrogen) atoms. The molecule has 0 bridgehead atoms. The highest BCUT2D eigenvalue weighted by molar-refractivity contribution is 4.91. The van der Waals surface area contributed by atoms with Gasteiger partial charge in [0, 0.05) is 37.3 Å². The molecule has 5 nitrogen and oxygen atoms in total. The summed E-state index contributed by atoms with van der Waals surface area (Å²) >= 11 is 0. The zero-order valence-corrected chi connectivity index (χ0v) is 6.30. The molecule has 0 saturated heterocycles. The smallest absolute Gasteiger partial charge is 0.108 e. The largest absolute Gasteiger partial charge is 0.338 e. The maximum Gasteiger partial charge on any atom is 0.108 e. The van der Waals surface area contributed by atoms with E-state index in [1.807, 2.05) is 17.8 Å². The van der Waals surface area contributed by atoms with Gasteiger partial charge in [-0.3, -0.25) is 0 Å². The van der Waals surface area contributed by atoms with Crippen molar-refractivity contribution in [3.8, 4) is 0 Å². The van der Waals surface area contributed by atoms with Crippen molar-refractivity contribution in [3.05, 3.63) is 28.7 Å². The van der Waals surface area contributed by atoms with Gasteiger partial charge in [-0.2, -0.15) is 0 Å². The van der Waals surface area contributed by atoms with Gasteiger partial charge in [-0.25, -0.2) is 4.98 Å². The molecule has 0 saturated carbocycles. The lowest BCUT2D eigenvalue weighted by Gasteiger charge is -1.96. The Bertz CT molecular complexity index is 270. The van der Waals surface area contributed by atoms with Crippen LogP contribution in [0.2, 0.25) is 0 Å². The summed E-state index contributed by atoms with van der Waals surface area (Å²) in [4.78, 5) is 6.72. The first-order valence-electron chi connectivity index (χ1n) is 3.31. The fraction of sp³-hybridized carbons (Fsp3) is 0.500. The SMILES string of the molecule is Cn1ccnc1CCN=[N+]=[N-]. The molecule has 0 radical (unpaired) electrons. The zero-order chi connectivity index (χ0) is 8.10. The van der Waals surface area contributed by atoms with Crippen molar-refractivity contribution in [2.24, 2.45) is 12.2 Å². The maximum absolute atomic E-state index is 8.00. The molecular weight excluding hydrogens is 142 g/mol. The van der Waals surface area contributed by atoms with Crippen molar-refractivity contribution in [1.29, 1.82) is 0 Å². The van der Waals surface area contributed by atoms with Gasteiger partial charge in [0.1, 0.15) is 5.82 Å². The molecule has 58 valence electrons. The molecule has 1 aromatic heterocycles. The molecule has 5 heteroatoms. The van der Waals surface area contributed by atoms with Crippen LogP contribution in [0.5, 0.6) is 0 Å². The van der Waals surface area contributed by atoms with Gasteiger partial charge >= 0.3 is 0 Å². The highest BCUT2D eigenvalue weighted by Crippen LogP contribution is 1.94. The first-order chi connectivity index (χ1) is 5.34. The Labute approximate surface area is 64.3 Å². The lowest BCUT2D eigenvalue weighted by Crippen LogP contribution is -1.98. The van der Waals surface area contributed by atoms with Gasteiger partial charge in [-0.05, 0) is 5.53 Å². The lowest BCUT2D eigenvalue weighted by atomic mass is 10.4. The number of aromatic nitrogens is 2. The Balaban J connectivity index is 2.50. The summed E-state index contributed by atoms with van der Waals surface area (Å²) in [6.45, 7) is 0.474. The van der Waals surface area contributed by atoms with Crippen LogP contribution in [0, 0.1) is 0 Å². The molecule has 0 aliphatic heterocycles. The van der Waals surface area contributed by atoms with Crippen LogP contribution in [0.1, 0.15) is 5.82 Å². The second-order valence-electron chi connectivity index (χ2n) is 2.16. The van der Waals surface area contributed by atoms with Crippen molar-refractivity contribution in [2.75, 3.05) is 6.54 Å². The van der Waals surface area contributed by atoms with E-state index in [4.69, 9.17) is 5.53 Å². The van der Waals surface area contributed by atoms with Gasteiger partial charge in [0.25, 0.3) is 0 Å². The second-order valence-corrected chi connectivity index (χ2v) is 2.16. The third-order valence-corrected chi connectivity index (χ3v) is 1.42. The number of azide groups is 1. The summed E-state index contributed by atoms with van der Waals surface area (Å²) in [7, 11) is 1.92. The summed E-state index contributed by atoms with van der Waals surface area (Å²) in [6.07, 6.45) is 4.30. The normalized spacial score (nSPS) is 9.18. The first kappa shape index (κ1) is 7.63. The number of nitrogens with zero attached hydrogens (tertiary/aromatic N) is 5. The molecule has 1 aromatic rings. The summed E-state index contributed by atoms with van der Waals surface area (Å²) < 4.78 is 1.91. The minimum absolute atomic E-state index is 0.474. The summed E-state index contributed by atoms with van der Waals surface area (Å²) in [5, 5.41) is 3.42. The monoisotopic (exact) mass is 151 g/mol. The summed E-state index contributed by atoms with van der Waals surface area (Å²) in [6, 6.07) is 0. The van der Waals surface area contributed by atoms with Crippen LogP contribution < -0.4 is 0 Å². The van der Waals surface area contributed by atoms with Crippen molar-refractivity contribution in [2.45, 2.75) is 6.42 Å². The quantitative estimate of drug-likeness (QED) is 0.364. The fourth-order valence-corrected chi connectivity index (χ4v) is 0.832. The van der Waals surface area contributed by atoms with E-state index in [0.717, 1.165) is 5.82 Å². The Kier molecular flexibility index (Phi) is 2.52. The average Bonchev–Trinajstić information content (AvgIpc) is 2.37. The van der Waals surface area contributed by atoms with E-state index in [2.05, 4.69) is 15.0 Å². The van der Waals surface area contributed by atoms with Crippen LogP contribution in [0.4, 0.5) is 0 Å². The topological polar surface area (TPSA) is 66.6 Å². The zero-order valence-electron chi connectivity index (χ0n) is 6.30. The van der Waals surface area contributed by atoms with Gasteiger partial charge < -0.3 is 4.57 Å². The number of hydrogen-bond donors (Lipinski definition) is 0. The van der Waals surface area contributed by atoms with Crippen LogP contribution >= 0.6 is 0 Å². The Morgan fingerprint density at radius 3 is 3.18 bits per heavy atom. The molecule has 0 unspecified atom stereocenters. The Morgan fingerprint density at radius 2 is 2.64 bits per heavy atom. The van der Waals surface area contributed by atoms with Crippen molar-refractivity contribution in [1.82, 2.24) is 9.55 Å². The van der Waals surface area contributed by atoms with Crippen molar-refractivity contribution in [3.63, 3.8) is 0 Å². The summed E-state index contributed by atoms with van der Waals surface area (Å²) in [5.74, 6) is 0.942. The molecule has 0 atom stereocenters. The van der Waals surface area contributed by atoms with Crippen molar-refractivity contribution >= 4 is 0 Å². The van der Waals surface area contributed by atoms with E-state index in [1.165, 1.54) is 0 Å². The number of rotatable bonds is 3. The predicted molar refractivity (Wildman–Crippen MR) is 40.9 cm³/mol. The molecule has 0 aliphatic carbocycles. The Hall–Kier alpha value is -1.48. The number of imidazole rings is 1. The van der Waals surface area contributed by atoms with E-state index in [0.29, 0.717) is 13.0 Å². The minimum Gasteiger partial charge on any atom is -0.338 e. The highest BCUT2D eigenvalue weighted by atomic mass is 15.1. The third kappa shape index (κ3) is 1.98. The molecule has 0 fully saturated rings. The van der Waals surface area contributed by atoms with Crippen LogP contribution in [-0.4, -0.2) is 16.1 Å². The second kappa shape index (κ2) is 3.63. The van der Waals surface area contributed by atoms with E-state index < -0.39 is 0 Å². The van der Waals surface area contributed by atoms with Gasteiger partial charge in [-0.15, -0.1) is 0 Å². The van der Waals surface area contributed by atoms with E-state index >= 15 is 0 Å². The molecule has 0 N–H and O–H groups in total. The first-order valence-corrected chi connectivity index (χ1v) is 3.31. The van der Waals surface area contributed by atoms with Crippen LogP contribution in [-0.2, 0) is 13.5 Å². The molecule has 0 amide bonds. The van der Waals surface area contributed by atoms with Crippen molar-refractivity contribution < 1.29 is 0 Å². The average molecular weight is 151 g/mol. The summed E-state index contributed by atoms with van der Waals surface area (Å²) in [5.41, 5.74) is 8.00. The minimum atomic E-state index is 0.474. The molecular formula is C6H9N5. The van der Waals surface area contributed by atoms with Crippen LogP contribution in [0.3, 0.4) is 0 Å². The predicted octanol–water partition coefficient (Wildman–Crippen LogP) is 1.27. The van der Waals surface area contributed by atoms with Crippen LogP contribution in [0.25, 0.3) is 10.4 Å². The molecule has 0 aromatic carbocycles. The van der Waals surface area contributed by atoms with E-state index in [9.17, 15) is 0 Å². The van der Waals surface area contributed by atoms with E-state index in [-0.39, 0.29) is 0 Å². The third-order valence-electron chi connectivity index (χ3n) is 1.42. The van der Waals surface area contributed by atoms with E-state index in [1.54, 1.807) is 6.20 Å². The molecule has 0 spiro atoms. The van der Waals surface area contributed by atoms with Gasteiger partial charge in [0.05, 0.1) is 0 Å². The highest BCUT2D eigenvalue weighted by Gasteiger charge is 1.95. The molecule has 0 aliphatic rings. The van der Waals surface area contributed by atoms with Gasteiger partial charge in [-0.1, -0.05) is 5.11 Å². The Morgan fingerprint density at radius 1 is 1.82 bits per heavy atom. The fourth-order valence-electron chi connectivity index (χ4n) is 0.832. The maximum atomic E-state index is 8.00. The molecule has 1 heterocycles. The van der Waals surface area contributed by atoms with Crippen LogP contribution in [0.15, 0.2) is 17.5 Å².